The molecule has 5 nitrogen and oxygen atoms in total. The highest BCUT2D eigenvalue weighted by Crippen LogP contribution is 2.31. The van der Waals surface area contributed by atoms with Gasteiger partial charge in [0, 0.05) is 5.39 Å². The fourth-order valence-electron chi connectivity index (χ4n) is 2.60. The van der Waals surface area contributed by atoms with E-state index in [-0.39, 0.29) is 5.91 Å². The molecule has 4 aromatic rings. The molecule has 1 amide bonds. The van der Waals surface area contributed by atoms with Crippen molar-refractivity contribution in [1.29, 1.82) is 0 Å². The Labute approximate surface area is 141 Å². The number of hydroxylamine groups is 1. The van der Waals surface area contributed by atoms with Crippen LogP contribution in [0.3, 0.4) is 0 Å². The molecular formula is C18H13N3O2S. The fraction of sp³-hybridized carbons (Fsp3) is 0.0556. The first-order chi connectivity index (χ1) is 11.8. The summed E-state index contributed by atoms with van der Waals surface area (Å²) >= 11 is 1.56. The third kappa shape index (κ3) is 2.51. The predicted molar refractivity (Wildman–Crippen MR) is 94.8 cm³/mol. The number of hydrogen-bond acceptors (Lipinski definition) is 5. The number of para-hydroxylation sites is 2. The molecule has 2 aromatic carbocycles. The number of pyridine rings is 1. The Balaban J connectivity index is 1.93. The number of amides is 1. The highest BCUT2D eigenvalue weighted by molar-refractivity contribution is 7.21. The van der Waals surface area contributed by atoms with Gasteiger partial charge in [-0.2, -0.15) is 0 Å². The Bertz CT molecular complexity index is 1030. The highest BCUT2D eigenvalue weighted by atomic mass is 32.1. The number of nitrogens with one attached hydrogen (secondary N) is 1. The molecule has 0 saturated carbocycles. The van der Waals surface area contributed by atoms with Gasteiger partial charge in [-0.05, 0) is 24.3 Å². The number of fused-ring (bicyclic) bond motifs is 2. The summed E-state index contributed by atoms with van der Waals surface area (Å²) in [7, 11) is 1.41. The molecule has 0 fully saturated rings. The molecular weight excluding hydrogens is 322 g/mol. The molecule has 0 aliphatic heterocycles. The summed E-state index contributed by atoms with van der Waals surface area (Å²) in [5.41, 5.74) is 5.24. The Morgan fingerprint density at radius 3 is 2.58 bits per heavy atom. The van der Waals surface area contributed by atoms with Gasteiger partial charge in [0.05, 0.1) is 28.4 Å². The monoisotopic (exact) mass is 335 g/mol. The van der Waals surface area contributed by atoms with Crippen LogP contribution in [0.5, 0.6) is 0 Å². The van der Waals surface area contributed by atoms with Crippen molar-refractivity contribution in [3.8, 4) is 10.7 Å². The van der Waals surface area contributed by atoms with Crippen LogP contribution in [0.1, 0.15) is 10.4 Å². The minimum atomic E-state index is -0.307. The maximum Gasteiger partial charge on any atom is 0.275 e. The molecule has 0 spiro atoms. The van der Waals surface area contributed by atoms with E-state index < -0.39 is 0 Å². The summed E-state index contributed by atoms with van der Waals surface area (Å²) in [6.45, 7) is 0. The molecule has 0 atom stereocenters. The number of benzene rings is 2. The van der Waals surface area contributed by atoms with Crippen LogP contribution in [-0.2, 0) is 4.84 Å². The first-order valence-electron chi connectivity index (χ1n) is 7.35. The van der Waals surface area contributed by atoms with Gasteiger partial charge in [0.15, 0.2) is 0 Å². The smallest absolute Gasteiger partial charge is 0.275 e. The summed E-state index contributed by atoms with van der Waals surface area (Å²) in [6, 6.07) is 17.2. The molecule has 1 N–H and O–H groups in total. The number of hydrogen-bond donors (Lipinski definition) is 1. The van der Waals surface area contributed by atoms with Gasteiger partial charge in [0.25, 0.3) is 5.91 Å². The van der Waals surface area contributed by atoms with E-state index in [1.807, 2.05) is 48.5 Å². The second kappa shape index (κ2) is 5.99. The second-order valence-electron chi connectivity index (χ2n) is 5.19. The van der Waals surface area contributed by atoms with Gasteiger partial charge in [-0.3, -0.25) is 9.63 Å². The van der Waals surface area contributed by atoms with E-state index in [1.165, 1.54) is 7.11 Å². The zero-order chi connectivity index (χ0) is 16.5. The lowest BCUT2D eigenvalue weighted by Gasteiger charge is -2.08. The third-order valence-corrected chi connectivity index (χ3v) is 4.73. The topological polar surface area (TPSA) is 64.1 Å². The van der Waals surface area contributed by atoms with Crippen molar-refractivity contribution in [2.45, 2.75) is 0 Å². The molecule has 2 aromatic heterocycles. The number of thiazole rings is 1. The summed E-state index contributed by atoms with van der Waals surface area (Å²) in [6.07, 6.45) is 0. The van der Waals surface area contributed by atoms with Crippen LogP contribution in [0.4, 0.5) is 0 Å². The second-order valence-corrected chi connectivity index (χ2v) is 6.22. The minimum Gasteiger partial charge on any atom is -0.277 e. The SMILES string of the molecule is CONC(=O)c1cc(-c2nc3ccccc3s2)nc2ccccc12. The van der Waals surface area contributed by atoms with Crippen LogP contribution in [0, 0.1) is 0 Å². The van der Waals surface area contributed by atoms with Crippen molar-refractivity contribution in [1.82, 2.24) is 15.4 Å². The predicted octanol–water partition coefficient (Wildman–Crippen LogP) is 3.80. The zero-order valence-corrected chi connectivity index (χ0v) is 13.6. The molecule has 0 unspecified atom stereocenters. The zero-order valence-electron chi connectivity index (χ0n) is 12.8. The Morgan fingerprint density at radius 1 is 1.04 bits per heavy atom. The number of carbonyl (C=O) groups excluding carboxylic acids is 1. The van der Waals surface area contributed by atoms with Crippen molar-refractivity contribution >= 4 is 38.4 Å². The average molecular weight is 335 g/mol. The van der Waals surface area contributed by atoms with Gasteiger partial charge in [0.1, 0.15) is 10.7 Å². The van der Waals surface area contributed by atoms with Crippen LogP contribution < -0.4 is 5.48 Å². The van der Waals surface area contributed by atoms with Gasteiger partial charge in [-0.15, -0.1) is 11.3 Å². The Morgan fingerprint density at radius 2 is 1.79 bits per heavy atom. The van der Waals surface area contributed by atoms with E-state index in [4.69, 9.17) is 4.84 Å². The van der Waals surface area contributed by atoms with Crippen molar-refractivity contribution in [2.24, 2.45) is 0 Å². The third-order valence-electron chi connectivity index (χ3n) is 3.67. The molecule has 24 heavy (non-hydrogen) atoms. The minimum absolute atomic E-state index is 0.307. The Hall–Kier alpha value is -2.83. The van der Waals surface area contributed by atoms with Crippen molar-refractivity contribution in [3.05, 3.63) is 60.2 Å². The van der Waals surface area contributed by atoms with Crippen molar-refractivity contribution < 1.29 is 9.63 Å². The lowest BCUT2D eigenvalue weighted by atomic mass is 10.1. The number of carbonyl (C=O) groups is 1. The molecule has 6 heteroatoms. The van der Waals surface area contributed by atoms with Gasteiger partial charge in [0.2, 0.25) is 0 Å². The summed E-state index contributed by atoms with van der Waals surface area (Å²) in [5, 5.41) is 1.56. The highest BCUT2D eigenvalue weighted by Gasteiger charge is 2.15. The van der Waals surface area contributed by atoms with E-state index in [2.05, 4.69) is 15.4 Å². The van der Waals surface area contributed by atoms with Gasteiger partial charge in [-0.25, -0.2) is 15.4 Å². The van der Waals surface area contributed by atoms with Gasteiger partial charge >= 0.3 is 0 Å². The van der Waals surface area contributed by atoms with Gasteiger partial charge < -0.3 is 0 Å². The fourth-order valence-corrected chi connectivity index (χ4v) is 3.53. The summed E-state index contributed by atoms with van der Waals surface area (Å²) in [5.74, 6) is -0.307. The number of aromatic nitrogens is 2. The first kappa shape index (κ1) is 14.7. The van der Waals surface area contributed by atoms with Crippen LogP contribution in [0.25, 0.3) is 31.8 Å². The maximum absolute atomic E-state index is 12.3. The molecule has 0 saturated heterocycles. The van der Waals surface area contributed by atoms with E-state index in [1.54, 1.807) is 17.4 Å². The Kier molecular flexibility index (Phi) is 3.68. The standard InChI is InChI=1S/C18H13N3O2S/c1-23-21-17(22)12-10-15(19-13-7-3-2-6-11(12)13)18-20-14-8-4-5-9-16(14)24-18/h2-10H,1H3,(H,21,22). The number of nitrogens with zero attached hydrogens (tertiary/aromatic N) is 2. The summed E-state index contributed by atoms with van der Waals surface area (Å²) in [4.78, 5) is 26.4. The normalized spacial score (nSPS) is 11.0. The molecule has 0 bridgehead atoms. The largest absolute Gasteiger partial charge is 0.277 e. The average Bonchev–Trinajstić information content (AvgIpc) is 3.05. The van der Waals surface area contributed by atoms with Gasteiger partial charge in [-0.1, -0.05) is 30.3 Å². The van der Waals surface area contributed by atoms with Crippen molar-refractivity contribution in [3.63, 3.8) is 0 Å². The van der Waals surface area contributed by atoms with E-state index in [0.29, 0.717) is 11.3 Å². The maximum atomic E-state index is 12.3. The molecule has 4 rings (SSSR count). The van der Waals surface area contributed by atoms with E-state index in [9.17, 15) is 4.79 Å². The van der Waals surface area contributed by atoms with Crippen LogP contribution >= 0.6 is 11.3 Å². The van der Waals surface area contributed by atoms with Crippen LogP contribution in [-0.4, -0.2) is 23.0 Å². The molecule has 0 aliphatic rings. The van der Waals surface area contributed by atoms with Crippen LogP contribution in [0.2, 0.25) is 0 Å². The van der Waals surface area contributed by atoms with Crippen molar-refractivity contribution in [2.75, 3.05) is 7.11 Å². The first-order valence-corrected chi connectivity index (χ1v) is 8.17. The number of rotatable bonds is 3. The quantitative estimate of drug-likeness (QED) is 0.578. The molecule has 0 radical (unpaired) electrons. The summed E-state index contributed by atoms with van der Waals surface area (Å²) < 4.78 is 1.09. The molecule has 2 heterocycles. The molecule has 118 valence electrons. The lowest BCUT2D eigenvalue weighted by molar-refractivity contribution is 0.0539. The molecule has 0 aliphatic carbocycles. The van der Waals surface area contributed by atoms with E-state index in [0.717, 1.165) is 26.1 Å². The van der Waals surface area contributed by atoms with Crippen LogP contribution in [0.15, 0.2) is 54.6 Å². The van der Waals surface area contributed by atoms with E-state index >= 15 is 0 Å². The lowest BCUT2D eigenvalue weighted by Crippen LogP contribution is -2.22.